The molecule has 1 saturated heterocycles. The van der Waals surface area contributed by atoms with Crippen LogP contribution in [0.25, 0.3) is 0 Å². The Bertz CT molecular complexity index is 726. The topological polar surface area (TPSA) is 101 Å². The van der Waals surface area contributed by atoms with Gasteiger partial charge in [0.2, 0.25) is 5.89 Å². The lowest BCUT2D eigenvalue weighted by molar-refractivity contribution is 0.335. The first-order valence-corrected chi connectivity index (χ1v) is 9.09. The van der Waals surface area contributed by atoms with Crippen molar-refractivity contribution in [3.8, 4) is 0 Å². The zero-order chi connectivity index (χ0) is 16.3. The molecule has 1 atom stereocenters. The van der Waals surface area contributed by atoms with Gasteiger partial charge in [0.25, 0.3) is 10.2 Å². The summed E-state index contributed by atoms with van der Waals surface area (Å²) in [6, 6.07) is 3.37. The molecule has 2 aromatic heterocycles. The van der Waals surface area contributed by atoms with Crippen LogP contribution in [0, 0.1) is 6.92 Å². The Labute approximate surface area is 135 Å². The van der Waals surface area contributed by atoms with Gasteiger partial charge in [-0.15, -0.1) is 0 Å². The summed E-state index contributed by atoms with van der Waals surface area (Å²) in [5.41, 5.74) is 0. The van der Waals surface area contributed by atoms with E-state index in [1.165, 1.54) is 4.31 Å². The SMILES string of the molecule is Cc1noc(CCCNS(=O)(=O)N2CCC[C@H]2c2ccco2)n1. The van der Waals surface area contributed by atoms with Crippen molar-refractivity contribution in [2.75, 3.05) is 13.1 Å². The molecule has 1 fully saturated rings. The Kier molecular flexibility index (Phi) is 4.79. The van der Waals surface area contributed by atoms with Gasteiger partial charge in [0.1, 0.15) is 5.76 Å². The molecule has 0 saturated carbocycles. The lowest BCUT2D eigenvalue weighted by atomic mass is 10.2. The Morgan fingerprint density at radius 3 is 3.04 bits per heavy atom. The maximum atomic E-state index is 12.5. The highest BCUT2D eigenvalue weighted by Gasteiger charge is 2.36. The number of rotatable bonds is 7. The van der Waals surface area contributed by atoms with Gasteiger partial charge < -0.3 is 8.94 Å². The Morgan fingerprint density at radius 1 is 1.48 bits per heavy atom. The van der Waals surface area contributed by atoms with E-state index in [9.17, 15) is 8.42 Å². The fraction of sp³-hybridized carbons (Fsp3) is 0.571. The molecule has 9 heteroatoms. The van der Waals surface area contributed by atoms with E-state index in [0.717, 1.165) is 12.8 Å². The monoisotopic (exact) mass is 340 g/mol. The quantitative estimate of drug-likeness (QED) is 0.768. The summed E-state index contributed by atoms with van der Waals surface area (Å²) in [6.45, 7) is 2.58. The third-order valence-electron chi connectivity index (χ3n) is 3.81. The summed E-state index contributed by atoms with van der Waals surface area (Å²) in [4.78, 5) is 4.09. The first kappa shape index (κ1) is 16.2. The van der Waals surface area contributed by atoms with Crippen molar-refractivity contribution < 1.29 is 17.4 Å². The second kappa shape index (κ2) is 6.81. The molecular weight excluding hydrogens is 320 g/mol. The first-order chi connectivity index (χ1) is 11.1. The minimum absolute atomic E-state index is 0.221. The minimum atomic E-state index is -3.53. The number of aromatic nitrogens is 2. The van der Waals surface area contributed by atoms with Crippen molar-refractivity contribution in [2.45, 2.75) is 38.6 Å². The standard InChI is InChI=1S/C14H20N4O4S/c1-11-16-14(22-17-11)7-2-8-15-23(19,20)18-9-3-5-12(18)13-6-4-10-21-13/h4,6,10,12,15H,2-3,5,7-9H2,1H3/t12-/m0/s1. The van der Waals surface area contributed by atoms with E-state index >= 15 is 0 Å². The highest BCUT2D eigenvalue weighted by atomic mass is 32.2. The van der Waals surface area contributed by atoms with E-state index in [2.05, 4.69) is 14.9 Å². The molecule has 126 valence electrons. The molecule has 0 aliphatic carbocycles. The highest BCUT2D eigenvalue weighted by molar-refractivity contribution is 7.87. The van der Waals surface area contributed by atoms with Crippen LogP contribution >= 0.6 is 0 Å². The fourth-order valence-electron chi connectivity index (χ4n) is 2.76. The normalized spacial score (nSPS) is 19.4. The summed E-state index contributed by atoms with van der Waals surface area (Å²) in [7, 11) is -3.53. The van der Waals surface area contributed by atoms with Gasteiger partial charge in [-0.2, -0.15) is 17.7 Å². The molecule has 3 heterocycles. The van der Waals surface area contributed by atoms with Gasteiger partial charge in [0, 0.05) is 19.5 Å². The average molecular weight is 340 g/mol. The summed E-state index contributed by atoms with van der Waals surface area (Å²) in [5.74, 6) is 1.80. The summed E-state index contributed by atoms with van der Waals surface area (Å²) < 4.78 is 39.4. The van der Waals surface area contributed by atoms with Crippen LogP contribution in [0.3, 0.4) is 0 Å². The maximum absolute atomic E-state index is 12.5. The van der Waals surface area contributed by atoms with E-state index in [1.54, 1.807) is 19.3 Å². The van der Waals surface area contributed by atoms with Crippen LogP contribution < -0.4 is 4.72 Å². The molecule has 1 aliphatic rings. The largest absolute Gasteiger partial charge is 0.468 e. The summed E-state index contributed by atoms with van der Waals surface area (Å²) >= 11 is 0. The summed E-state index contributed by atoms with van der Waals surface area (Å²) in [5, 5.41) is 3.70. The molecule has 1 aliphatic heterocycles. The first-order valence-electron chi connectivity index (χ1n) is 7.65. The van der Waals surface area contributed by atoms with E-state index in [0.29, 0.717) is 43.4 Å². The van der Waals surface area contributed by atoms with E-state index in [-0.39, 0.29) is 6.04 Å². The van der Waals surface area contributed by atoms with E-state index in [4.69, 9.17) is 8.94 Å². The van der Waals surface area contributed by atoms with Crippen LogP contribution in [0.5, 0.6) is 0 Å². The molecule has 23 heavy (non-hydrogen) atoms. The molecule has 0 aromatic carbocycles. The molecule has 0 bridgehead atoms. The molecular formula is C14H20N4O4S. The Balaban J connectivity index is 1.54. The van der Waals surface area contributed by atoms with Crippen LogP contribution in [0.4, 0.5) is 0 Å². The van der Waals surface area contributed by atoms with Crippen molar-refractivity contribution in [3.05, 3.63) is 35.9 Å². The van der Waals surface area contributed by atoms with Gasteiger partial charge in [-0.25, -0.2) is 4.72 Å². The van der Waals surface area contributed by atoms with Crippen molar-refractivity contribution in [1.82, 2.24) is 19.2 Å². The zero-order valence-electron chi connectivity index (χ0n) is 12.9. The van der Waals surface area contributed by atoms with Gasteiger partial charge in [0.15, 0.2) is 5.82 Å². The van der Waals surface area contributed by atoms with Gasteiger partial charge >= 0.3 is 0 Å². The molecule has 1 N–H and O–H groups in total. The smallest absolute Gasteiger partial charge is 0.280 e. The highest BCUT2D eigenvalue weighted by Crippen LogP contribution is 2.33. The van der Waals surface area contributed by atoms with Crippen LogP contribution in [-0.4, -0.2) is 36.0 Å². The van der Waals surface area contributed by atoms with Gasteiger partial charge in [-0.05, 0) is 38.3 Å². The number of nitrogens with one attached hydrogen (secondary N) is 1. The van der Waals surface area contributed by atoms with Gasteiger partial charge in [-0.1, -0.05) is 5.16 Å². The molecule has 3 rings (SSSR count). The zero-order valence-corrected chi connectivity index (χ0v) is 13.8. The van der Waals surface area contributed by atoms with Crippen LogP contribution in [0.15, 0.2) is 27.3 Å². The molecule has 0 unspecified atom stereocenters. The van der Waals surface area contributed by atoms with E-state index in [1.807, 2.05) is 6.07 Å². The van der Waals surface area contributed by atoms with Crippen molar-refractivity contribution in [2.24, 2.45) is 0 Å². The molecule has 8 nitrogen and oxygen atoms in total. The predicted molar refractivity (Wildman–Crippen MR) is 81.7 cm³/mol. The number of nitrogens with zero attached hydrogens (tertiary/aromatic N) is 3. The number of hydrogen-bond acceptors (Lipinski definition) is 6. The fourth-order valence-corrected chi connectivity index (χ4v) is 4.24. The molecule has 2 aromatic rings. The Hall–Kier alpha value is -1.71. The van der Waals surface area contributed by atoms with E-state index < -0.39 is 10.2 Å². The average Bonchev–Trinajstić information content (AvgIpc) is 3.24. The number of furan rings is 1. The van der Waals surface area contributed by atoms with Gasteiger partial charge in [-0.3, -0.25) is 0 Å². The Morgan fingerprint density at radius 2 is 2.35 bits per heavy atom. The third kappa shape index (κ3) is 3.80. The maximum Gasteiger partial charge on any atom is 0.280 e. The van der Waals surface area contributed by atoms with Crippen LogP contribution in [0.1, 0.15) is 42.8 Å². The third-order valence-corrected chi connectivity index (χ3v) is 5.43. The van der Waals surface area contributed by atoms with Gasteiger partial charge in [0.05, 0.1) is 12.3 Å². The minimum Gasteiger partial charge on any atom is -0.468 e. The lowest BCUT2D eigenvalue weighted by Gasteiger charge is -2.22. The molecule has 0 radical (unpaired) electrons. The molecule has 0 spiro atoms. The second-order valence-electron chi connectivity index (χ2n) is 5.52. The van der Waals surface area contributed by atoms with Crippen molar-refractivity contribution in [1.29, 1.82) is 0 Å². The van der Waals surface area contributed by atoms with Crippen molar-refractivity contribution in [3.63, 3.8) is 0 Å². The molecule has 0 amide bonds. The predicted octanol–water partition coefficient (Wildman–Crippen LogP) is 1.58. The van der Waals surface area contributed by atoms with Crippen LogP contribution in [-0.2, 0) is 16.6 Å². The number of aryl methyl sites for hydroxylation is 2. The lowest BCUT2D eigenvalue weighted by Crippen LogP contribution is -2.40. The second-order valence-corrected chi connectivity index (χ2v) is 7.23. The van der Waals surface area contributed by atoms with Crippen molar-refractivity contribution >= 4 is 10.2 Å². The number of hydrogen-bond donors (Lipinski definition) is 1. The summed E-state index contributed by atoms with van der Waals surface area (Å²) in [6.07, 6.45) is 4.31. The van der Waals surface area contributed by atoms with Crippen LogP contribution in [0.2, 0.25) is 0 Å².